The summed E-state index contributed by atoms with van der Waals surface area (Å²) in [5.74, 6) is 0.0555. The molecule has 4 rings (SSSR count). The van der Waals surface area contributed by atoms with Crippen molar-refractivity contribution >= 4 is 23.1 Å². The van der Waals surface area contributed by atoms with Gasteiger partial charge in [0.15, 0.2) is 0 Å². The number of hydrogen-bond donors (Lipinski definition) is 0. The highest BCUT2D eigenvalue weighted by Crippen LogP contribution is 2.16. The maximum Gasteiger partial charge on any atom is 0.266 e. The van der Waals surface area contributed by atoms with Crippen molar-refractivity contribution in [2.75, 3.05) is 0 Å². The van der Waals surface area contributed by atoms with Crippen LogP contribution in [0.15, 0.2) is 77.6 Å². The molecule has 134 valence electrons. The number of fused-ring (bicyclic) bond motifs is 1. The summed E-state index contributed by atoms with van der Waals surface area (Å²) < 4.78 is 14.8. The Morgan fingerprint density at radius 1 is 0.929 bits per heavy atom. The summed E-state index contributed by atoms with van der Waals surface area (Å²) in [6.45, 7) is 0. The summed E-state index contributed by atoms with van der Waals surface area (Å²) in [4.78, 5) is 17.7. The van der Waals surface area contributed by atoms with Crippen molar-refractivity contribution in [3.05, 3.63) is 106 Å². The Labute approximate surface area is 160 Å². The summed E-state index contributed by atoms with van der Waals surface area (Å²) in [5.41, 5.74) is 2.34. The Morgan fingerprint density at radius 2 is 1.64 bits per heavy atom. The van der Waals surface area contributed by atoms with Gasteiger partial charge in [0.2, 0.25) is 0 Å². The monoisotopic (exact) mass is 367 g/mol. The van der Waals surface area contributed by atoms with Gasteiger partial charge in [-0.3, -0.25) is 9.36 Å². The van der Waals surface area contributed by atoms with Gasteiger partial charge in [-0.25, -0.2) is 9.37 Å². The minimum Gasteiger partial charge on any atom is -0.268 e. The van der Waals surface area contributed by atoms with E-state index in [0.717, 1.165) is 5.56 Å². The Kier molecular flexibility index (Phi) is 4.53. The topological polar surface area (TPSA) is 58.7 Å². The van der Waals surface area contributed by atoms with Gasteiger partial charge in [0.1, 0.15) is 11.6 Å². The number of benzene rings is 3. The number of aromatic nitrogens is 2. The van der Waals surface area contributed by atoms with Crippen molar-refractivity contribution in [3.63, 3.8) is 0 Å². The van der Waals surface area contributed by atoms with Crippen LogP contribution in [0.2, 0.25) is 0 Å². The van der Waals surface area contributed by atoms with Crippen molar-refractivity contribution < 1.29 is 4.39 Å². The average molecular weight is 367 g/mol. The molecule has 5 heteroatoms. The fourth-order valence-electron chi connectivity index (χ4n) is 2.94. The fourth-order valence-corrected chi connectivity index (χ4v) is 2.94. The average Bonchev–Trinajstić information content (AvgIpc) is 2.74. The molecule has 0 aliphatic heterocycles. The lowest BCUT2D eigenvalue weighted by Crippen LogP contribution is -2.22. The first-order chi connectivity index (χ1) is 13.7. The maximum absolute atomic E-state index is 13.3. The molecule has 1 aromatic heterocycles. The molecule has 0 saturated heterocycles. The molecular formula is C23H14FN3O. The normalized spacial score (nSPS) is 11.0. The van der Waals surface area contributed by atoms with Crippen molar-refractivity contribution in [1.29, 1.82) is 5.26 Å². The highest BCUT2D eigenvalue weighted by atomic mass is 19.1. The standard InChI is InChI=1S/C23H14FN3O/c24-18-10-12-19(13-11-18)27-22(14-9-16-5-7-17(15-25)8-6-16)26-21-4-2-1-3-20(21)23(27)28/h1-14H/b14-9+. The van der Waals surface area contributed by atoms with Crippen LogP contribution in [0.3, 0.4) is 0 Å². The molecule has 0 radical (unpaired) electrons. The summed E-state index contributed by atoms with van der Waals surface area (Å²) >= 11 is 0. The Bertz CT molecular complexity index is 1280. The van der Waals surface area contributed by atoms with Crippen LogP contribution in [-0.4, -0.2) is 9.55 Å². The fraction of sp³-hybridized carbons (Fsp3) is 0. The van der Waals surface area contributed by atoms with Gasteiger partial charge < -0.3 is 0 Å². The van der Waals surface area contributed by atoms with E-state index in [1.165, 1.54) is 16.7 Å². The molecule has 3 aromatic carbocycles. The van der Waals surface area contributed by atoms with Crippen molar-refractivity contribution in [1.82, 2.24) is 9.55 Å². The number of halogens is 1. The van der Waals surface area contributed by atoms with Gasteiger partial charge >= 0.3 is 0 Å². The van der Waals surface area contributed by atoms with Gasteiger partial charge in [0.25, 0.3) is 5.56 Å². The zero-order valence-electron chi connectivity index (χ0n) is 14.7. The Balaban J connectivity index is 1.89. The van der Waals surface area contributed by atoms with Gasteiger partial charge in [-0.2, -0.15) is 5.26 Å². The van der Waals surface area contributed by atoms with Crippen LogP contribution in [-0.2, 0) is 0 Å². The Hall–Kier alpha value is -4.04. The van der Waals surface area contributed by atoms with E-state index in [4.69, 9.17) is 5.26 Å². The van der Waals surface area contributed by atoms with Crippen LogP contribution in [0, 0.1) is 17.1 Å². The predicted octanol–water partition coefficient (Wildman–Crippen LogP) is 4.57. The van der Waals surface area contributed by atoms with E-state index in [9.17, 15) is 9.18 Å². The van der Waals surface area contributed by atoms with Crippen LogP contribution in [0.5, 0.6) is 0 Å². The van der Waals surface area contributed by atoms with Crippen molar-refractivity contribution in [2.45, 2.75) is 0 Å². The molecule has 4 nitrogen and oxygen atoms in total. The molecule has 0 aliphatic carbocycles. The summed E-state index contributed by atoms with van der Waals surface area (Å²) in [6, 6.07) is 22.0. The molecule has 28 heavy (non-hydrogen) atoms. The number of para-hydroxylation sites is 1. The lowest BCUT2D eigenvalue weighted by molar-refractivity contribution is 0.627. The number of nitriles is 1. The molecule has 0 atom stereocenters. The van der Waals surface area contributed by atoms with Gasteiger partial charge in [-0.15, -0.1) is 0 Å². The van der Waals surface area contributed by atoms with Crippen LogP contribution in [0.25, 0.3) is 28.7 Å². The first kappa shape index (κ1) is 17.4. The second-order valence-corrected chi connectivity index (χ2v) is 6.17. The molecule has 0 N–H and O–H groups in total. The minimum absolute atomic E-state index is 0.225. The third kappa shape index (κ3) is 3.31. The molecule has 0 amide bonds. The molecule has 0 bridgehead atoms. The molecule has 0 aliphatic rings. The molecule has 4 aromatic rings. The van der Waals surface area contributed by atoms with Crippen LogP contribution in [0.4, 0.5) is 4.39 Å². The van der Waals surface area contributed by atoms with Gasteiger partial charge in [0, 0.05) is 0 Å². The summed E-state index contributed by atoms with van der Waals surface area (Å²) in [7, 11) is 0. The number of hydrogen-bond acceptors (Lipinski definition) is 3. The summed E-state index contributed by atoms with van der Waals surface area (Å²) in [6.07, 6.45) is 3.55. The van der Waals surface area contributed by atoms with E-state index in [-0.39, 0.29) is 11.4 Å². The van der Waals surface area contributed by atoms with Crippen LogP contribution in [0.1, 0.15) is 17.0 Å². The minimum atomic E-state index is -0.375. The zero-order chi connectivity index (χ0) is 19.5. The van der Waals surface area contributed by atoms with Gasteiger partial charge in [-0.05, 0) is 60.2 Å². The molecular weight excluding hydrogens is 353 g/mol. The van der Waals surface area contributed by atoms with Gasteiger partial charge in [0.05, 0.1) is 28.2 Å². The first-order valence-corrected chi connectivity index (χ1v) is 8.62. The smallest absolute Gasteiger partial charge is 0.266 e. The number of rotatable bonds is 3. The molecule has 0 fully saturated rings. The largest absolute Gasteiger partial charge is 0.268 e. The maximum atomic E-state index is 13.3. The highest BCUT2D eigenvalue weighted by Gasteiger charge is 2.11. The molecule has 0 spiro atoms. The van der Waals surface area contributed by atoms with E-state index in [1.54, 1.807) is 48.5 Å². The third-order valence-corrected chi connectivity index (χ3v) is 4.35. The zero-order valence-corrected chi connectivity index (χ0v) is 14.7. The summed E-state index contributed by atoms with van der Waals surface area (Å²) in [5, 5.41) is 9.39. The van der Waals surface area contributed by atoms with E-state index < -0.39 is 0 Å². The predicted molar refractivity (Wildman–Crippen MR) is 107 cm³/mol. The van der Waals surface area contributed by atoms with Crippen molar-refractivity contribution in [3.8, 4) is 11.8 Å². The van der Waals surface area contributed by atoms with E-state index in [1.807, 2.05) is 24.3 Å². The molecule has 1 heterocycles. The lowest BCUT2D eigenvalue weighted by Gasteiger charge is -2.11. The van der Waals surface area contributed by atoms with E-state index in [2.05, 4.69) is 11.1 Å². The third-order valence-electron chi connectivity index (χ3n) is 4.35. The highest BCUT2D eigenvalue weighted by molar-refractivity contribution is 5.80. The quantitative estimate of drug-likeness (QED) is 0.533. The van der Waals surface area contributed by atoms with Crippen LogP contribution < -0.4 is 5.56 Å². The van der Waals surface area contributed by atoms with Crippen LogP contribution >= 0.6 is 0 Å². The second-order valence-electron chi connectivity index (χ2n) is 6.17. The number of nitrogens with zero attached hydrogens (tertiary/aromatic N) is 3. The van der Waals surface area contributed by atoms with Gasteiger partial charge in [-0.1, -0.05) is 30.3 Å². The molecule has 0 saturated carbocycles. The molecule has 0 unspecified atom stereocenters. The van der Waals surface area contributed by atoms with Crippen molar-refractivity contribution in [2.24, 2.45) is 0 Å². The Morgan fingerprint density at radius 3 is 2.36 bits per heavy atom. The van der Waals surface area contributed by atoms with E-state index >= 15 is 0 Å². The first-order valence-electron chi connectivity index (χ1n) is 8.62. The van der Waals surface area contributed by atoms with E-state index in [0.29, 0.717) is 28.0 Å². The second kappa shape index (κ2) is 7.29. The SMILES string of the molecule is N#Cc1ccc(/C=C/c2nc3ccccc3c(=O)n2-c2ccc(F)cc2)cc1. The lowest BCUT2D eigenvalue weighted by atomic mass is 10.1.